The number of rotatable bonds is 4. The third kappa shape index (κ3) is 2.95. The molecule has 2 fully saturated rings. The van der Waals surface area contributed by atoms with Crippen LogP contribution in [0.25, 0.3) is 0 Å². The van der Waals surface area contributed by atoms with Crippen molar-refractivity contribution < 1.29 is 9.90 Å². The van der Waals surface area contributed by atoms with Crippen LogP contribution in [-0.2, 0) is 11.3 Å². The molecule has 0 radical (unpaired) electrons. The normalized spacial score (nSPS) is 32.6. The van der Waals surface area contributed by atoms with E-state index < -0.39 is 0 Å². The zero-order chi connectivity index (χ0) is 17.5. The Bertz CT molecular complexity index is 592. The average molecular weight is 331 g/mol. The second kappa shape index (κ2) is 6.45. The summed E-state index contributed by atoms with van der Waals surface area (Å²) >= 11 is 0. The summed E-state index contributed by atoms with van der Waals surface area (Å²) in [5.41, 5.74) is 1.09. The Balaban J connectivity index is 1.71. The van der Waals surface area contributed by atoms with Crippen molar-refractivity contribution >= 4 is 5.91 Å². The van der Waals surface area contributed by atoms with E-state index >= 15 is 0 Å². The molecule has 2 heterocycles. The molecular formula is C19H29N3O2. The zero-order valence-electron chi connectivity index (χ0n) is 15.1. The molecular weight excluding hydrogens is 302 g/mol. The highest BCUT2D eigenvalue weighted by molar-refractivity contribution is 5.75. The number of amides is 1. The number of likely N-dealkylation sites (N-methyl/N-ethyl adjacent to an activating group) is 1. The first-order chi connectivity index (χ1) is 11.3. The first kappa shape index (κ1) is 17.4. The standard InChI is InChI=1S/C19H29N3O2/c1-13(2)18-19(12-22(18)14(3)23)9-16(17(24)10-19)21(4)11-15-7-5-6-8-20-15/h5-8,13,16-18,24H,9-12H2,1-4H3/t16-,17-,18?,19?/m1/s1. The minimum absolute atomic E-state index is 0.0717. The number of hydrogen-bond acceptors (Lipinski definition) is 4. The molecule has 0 bridgehead atoms. The van der Waals surface area contributed by atoms with E-state index in [1.54, 1.807) is 13.1 Å². The van der Waals surface area contributed by atoms with Gasteiger partial charge >= 0.3 is 0 Å². The van der Waals surface area contributed by atoms with Gasteiger partial charge in [0.1, 0.15) is 0 Å². The number of hydrogen-bond donors (Lipinski definition) is 1. The first-order valence-electron chi connectivity index (χ1n) is 8.89. The summed E-state index contributed by atoms with van der Waals surface area (Å²) in [5, 5.41) is 10.7. The number of nitrogens with zero attached hydrogens (tertiary/aromatic N) is 3. The predicted octanol–water partition coefficient (Wildman–Crippen LogP) is 1.91. The molecule has 4 atom stereocenters. The van der Waals surface area contributed by atoms with Gasteiger partial charge in [0.2, 0.25) is 5.91 Å². The number of aliphatic hydroxyl groups is 1. The fraction of sp³-hybridized carbons (Fsp3) is 0.684. The summed E-state index contributed by atoms with van der Waals surface area (Å²) < 4.78 is 0. The van der Waals surface area contributed by atoms with Gasteiger partial charge in [-0.1, -0.05) is 19.9 Å². The molecule has 3 rings (SSSR count). The Morgan fingerprint density at radius 2 is 2.21 bits per heavy atom. The lowest BCUT2D eigenvalue weighted by Gasteiger charge is -2.58. The van der Waals surface area contributed by atoms with Crippen LogP contribution >= 0.6 is 0 Å². The van der Waals surface area contributed by atoms with Gasteiger partial charge in [0.15, 0.2) is 0 Å². The number of likely N-dealkylation sites (tertiary alicyclic amines) is 1. The largest absolute Gasteiger partial charge is 0.391 e. The summed E-state index contributed by atoms with van der Waals surface area (Å²) in [7, 11) is 2.06. The molecule has 5 nitrogen and oxygen atoms in total. The van der Waals surface area contributed by atoms with Crippen LogP contribution in [0.5, 0.6) is 0 Å². The van der Waals surface area contributed by atoms with Crippen LogP contribution in [0, 0.1) is 11.3 Å². The Morgan fingerprint density at radius 1 is 1.46 bits per heavy atom. The van der Waals surface area contributed by atoms with E-state index in [9.17, 15) is 9.90 Å². The number of aliphatic hydroxyl groups excluding tert-OH is 1. The summed E-state index contributed by atoms with van der Waals surface area (Å²) in [4.78, 5) is 20.5. The van der Waals surface area contributed by atoms with E-state index in [1.165, 1.54) is 0 Å². The monoisotopic (exact) mass is 331 g/mol. The van der Waals surface area contributed by atoms with Gasteiger partial charge in [-0.15, -0.1) is 0 Å². The molecule has 5 heteroatoms. The van der Waals surface area contributed by atoms with Gasteiger partial charge in [-0.05, 0) is 37.9 Å². The van der Waals surface area contributed by atoms with Gasteiger partial charge in [0, 0.05) is 43.7 Å². The maximum atomic E-state index is 11.9. The van der Waals surface area contributed by atoms with Crippen LogP contribution in [-0.4, -0.2) is 57.6 Å². The van der Waals surface area contributed by atoms with E-state index in [4.69, 9.17) is 0 Å². The summed E-state index contributed by atoms with van der Waals surface area (Å²) in [6, 6.07) is 6.31. The van der Waals surface area contributed by atoms with Crippen molar-refractivity contribution in [1.82, 2.24) is 14.8 Å². The Morgan fingerprint density at radius 3 is 2.79 bits per heavy atom. The maximum Gasteiger partial charge on any atom is 0.219 e. The fourth-order valence-electron chi connectivity index (χ4n) is 5.00. The molecule has 1 saturated heterocycles. The van der Waals surface area contributed by atoms with Crippen molar-refractivity contribution in [2.24, 2.45) is 11.3 Å². The SMILES string of the molecule is CC(=O)N1CC2(C[C@@H](O)[C@H](N(C)Cc3ccccn3)C2)C1C(C)C. The highest BCUT2D eigenvalue weighted by atomic mass is 16.3. The summed E-state index contributed by atoms with van der Waals surface area (Å²) in [5.74, 6) is 0.564. The minimum Gasteiger partial charge on any atom is -0.391 e. The second-order valence-electron chi connectivity index (χ2n) is 7.98. The number of carbonyl (C=O) groups excluding carboxylic acids is 1. The highest BCUT2D eigenvalue weighted by Crippen LogP contribution is 2.53. The fourth-order valence-corrected chi connectivity index (χ4v) is 5.00. The van der Waals surface area contributed by atoms with E-state index in [-0.39, 0.29) is 29.5 Å². The summed E-state index contributed by atoms with van der Waals surface area (Å²) in [6.45, 7) is 7.54. The Hall–Kier alpha value is -1.46. The number of aromatic nitrogens is 1. The Kier molecular flexibility index (Phi) is 4.67. The highest BCUT2D eigenvalue weighted by Gasteiger charge is 2.60. The number of carbonyl (C=O) groups is 1. The smallest absolute Gasteiger partial charge is 0.219 e. The van der Waals surface area contributed by atoms with Crippen LogP contribution < -0.4 is 0 Å². The van der Waals surface area contributed by atoms with Crippen LogP contribution in [0.15, 0.2) is 24.4 Å². The molecule has 24 heavy (non-hydrogen) atoms. The lowest BCUT2D eigenvalue weighted by molar-refractivity contribution is -0.158. The van der Waals surface area contributed by atoms with E-state index in [0.29, 0.717) is 5.92 Å². The predicted molar refractivity (Wildman–Crippen MR) is 93.2 cm³/mol. The maximum absolute atomic E-state index is 11.9. The first-order valence-corrected chi connectivity index (χ1v) is 8.89. The van der Waals surface area contributed by atoms with Gasteiger partial charge in [0.05, 0.1) is 11.8 Å². The van der Waals surface area contributed by atoms with Crippen molar-refractivity contribution in [3.63, 3.8) is 0 Å². The molecule has 1 aliphatic heterocycles. The van der Waals surface area contributed by atoms with Gasteiger partial charge < -0.3 is 10.0 Å². The van der Waals surface area contributed by atoms with E-state index in [0.717, 1.165) is 31.6 Å². The molecule has 1 spiro atoms. The lowest BCUT2D eigenvalue weighted by Crippen LogP contribution is -2.67. The van der Waals surface area contributed by atoms with Crippen molar-refractivity contribution in [1.29, 1.82) is 0 Å². The third-order valence-corrected chi connectivity index (χ3v) is 5.86. The molecule has 1 saturated carbocycles. The van der Waals surface area contributed by atoms with Gasteiger partial charge in [-0.3, -0.25) is 14.7 Å². The van der Waals surface area contributed by atoms with E-state index in [2.05, 4.69) is 30.8 Å². The molecule has 1 N–H and O–H groups in total. The molecule has 1 aromatic heterocycles. The topological polar surface area (TPSA) is 56.7 Å². The molecule has 2 unspecified atom stereocenters. The minimum atomic E-state index is -0.339. The van der Waals surface area contributed by atoms with Crippen molar-refractivity contribution in [2.75, 3.05) is 13.6 Å². The van der Waals surface area contributed by atoms with Gasteiger partial charge in [0.25, 0.3) is 0 Å². The van der Waals surface area contributed by atoms with E-state index in [1.807, 2.05) is 23.1 Å². The van der Waals surface area contributed by atoms with Crippen molar-refractivity contribution in [2.45, 2.75) is 58.3 Å². The quantitative estimate of drug-likeness (QED) is 0.916. The van der Waals surface area contributed by atoms with Crippen LogP contribution in [0.4, 0.5) is 0 Å². The van der Waals surface area contributed by atoms with Crippen molar-refractivity contribution in [3.05, 3.63) is 30.1 Å². The van der Waals surface area contributed by atoms with Gasteiger partial charge in [-0.25, -0.2) is 0 Å². The summed E-state index contributed by atoms with van der Waals surface area (Å²) in [6.07, 6.45) is 3.21. The third-order valence-electron chi connectivity index (χ3n) is 5.86. The molecule has 1 aromatic rings. The molecule has 1 aliphatic carbocycles. The molecule has 1 amide bonds. The van der Waals surface area contributed by atoms with Gasteiger partial charge in [-0.2, -0.15) is 0 Å². The molecule has 0 aromatic carbocycles. The lowest BCUT2D eigenvalue weighted by atomic mass is 9.65. The molecule has 132 valence electrons. The zero-order valence-corrected chi connectivity index (χ0v) is 15.1. The van der Waals surface area contributed by atoms with Crippen molar-refractivity contribution in [3.8, 4) is 0 Å². The second-order valence-corrected chi connectivity index (χ2v) is 7.98. The average Bonchev–Trinajstić information content (AvgIpc) is 2.85. The molecule has 2 aliphatic rings. The van der Waals surface area contributed by atoms with Crippen LogP contribution in [0.1, 0.15) is 39.3 Å². The van der Waals surface area contributed by atoms with Crippen LogP contribution in [0.2, 0.25) is 0 Å². The van der Waals surface area contributed by atoms with Crippen LogP contribution in [0.3, 0.4) is 0 Å². The Labute approximate surface area is 144 Å². The number of pyridine rings is 1.